The first kappa shape index (κ1) is 25.2. The maximum absolute atomic E-state index is 14.8. The molecular weight excluding hydrogens is 469 g/mol. The average Bonchev–Trinajstić information content (AvgIpc) is 3.54. The summed E-state index contributed by atoms with van der Waals surface area (Å²) in [5.41, 5.74) is -0.221. The van der Waals surface area contributed by atoms with Crippen LogP contribution in [0.15, 0.2) is 30.6 Å². The number of piperidine rings is 1. The van der Waals surface area contributed by atoms with Gasteiger partial charge in [-0.05, 0) is 63.6 Å². The van der Waals surface area contributed by atoms with Gasteiger partial charge in [-0.3, -0.25) is 9.69 Å². The summed E-state index contributed by atoms with van der Waals surface area (Å²) in [6.45, 7) is 5.28. The van der Waals surface area contributed by atoms with Crippen LogP contribution in [-0.4, -0.2) is 61.5 Å². The van der Waals surface area contributed by atoms with Crippen LogP contribution in [0.2, 0.25) is 0 Å². The summed E-state index contributed by atoms with van der Waals surface area (Å²) >= 11 is 0. The maximum atomic E-state index is 14.8. The van der Waals surface area contributed by atoms with E-state index in [0.29, 0.717) is 12.1 Å². The Kier molecular flexibility index (Phi) is 6.71. The van der Waals surface area contributed by atoms with Gasteiger partial charge in [0.2, 0.25) is 5.91 Å². The molecule has 4 rings (SSSR count). The van der Waals surface area contributed by atoms with Crippen LogP contribution in [0.5, 0.6) is 0 Å². The average molecular weight is 498 g/mol. The van der Waals surface area contributed by atoms with Crippen molar-refractivity contribution >= 4 is 18.0 Å². The molecule has 2 fully saturated rings. The van der Waals surface area contributed by atoms with Crippen molar-refractivity contribution in [3.63, 3.8) is 0 Å². The predicted molar refractivity (Wildman–Crippen MR) is 125 cm³/mol. The second-order valence-electron chi connectivity index (χ2n) is 10.2. The van der Waals surface area contributed by atoms with Crippen LogP contribution in [0.4, 0.5) is 9.18 Å². The molecule has 1 aliphatic heterocycles. The number of aromatic carboxylic acids is 1. The molecule has 36 heavy (non-hydrogen) atoms. The zero-order chi connectivity index (χ0) is 26.2. The van der Waals surface area contributed by atoms with Crippen LogP contribution >= 0.6 is 0 Å². The van der Waals surface area contributed by atoms with Gasteiger partial charge in [-0.25, -0.2) is 18.7 Å². The number of carboxylic acid groups (broad SMARTS) is 1. The number of amides is 2. The van der Waals surface area contributed by atoms with Crippen molar-refractivity contribution in [2.45, 2.75) is 70.2 Å². The smallest absolute Gasteiger partial charge is 0.411 e. The normalized spacial score (nSPS) is 21.6. The van der Waals surface area contributed by atoms with Crippen LogP contribution in [0.1, 0.15) is 56.0 Å². The molecule has 2 aliphatic rings. The lowest BCUT2D eigenvalue weighted by Crippen LogP contribution is -2.55. The van der Waals surface area contributed by atoms with E-state index in [9.17, 15) is 24.0 Å². The first-order chi connectivity index (χ1) is 17.0. The first-order valence-electron chi connectivity index (χ1n) is 11.7. The molecule has 2 heterocycles. The third kappa shape index (κ3) is 5.17. The van der Waals surface area contributed by atoms with Crippen LogP contribution in [0.25, 0.3) is 5.69 Å². The van der Waals surface area contributed by atoms with Crippen molar-refractivity contribution in [2.24, 2.45) is 5.92 Å². The Hall–Kier alpha value is -3.94. The number of nitrogens with zero attached hydrogens (tertiary/aromatic N) is 4. The number of benzene rings is 1. The molecule has 2 bridgehead atoms. The Morgan fingerprint density at radius 3 is 2.69 bits per heavy atom. The van der Waals surface area contributed by atoms with Crippen LogP contribution in [0.3, 0.4) is 0 Å². The number of hydrogen-bond donors (Lipinski definition) is 2. The number of hydrogen-bond acceptors (Lipinski definition) is 6. The van der Waals surface area contributed by atoms with E-state index in [1.165, 1.54) is 27.9 Å². The quantitative estimate of drug-likeness (QED) is 0.626. The van der Waals surface area contributed by atoms with Crippen molar-refractivity contribution < 1.29 is 28.6 Å². The van der Waals surface area contributed by atoms with E-state index in [1.54, 1.807) is 26.8 Å². The minimum atomic E-state index is -1.15. The summed E-state index contributed by atoms with van der Waals surface area (Å²) < 4.78 is 21.6. The highest BCUT2D eigenvalue weighted by atomic mass is 19.1. The highest BCUT2D eigenvalue weighted by Gasteiger charge is 2.52. The fraction of sp³-hybridized carbons (Fsp3) is 0.480. The summed E-state index contributed by atoms with van der Waals surface area (Å²) in [5.74, 6) is -2.23. The second kappa shape index (κ2) is 9.60. The largest absolute Gasteiger partial charge is 0.478 e. The summed E-state index contributed by atoms with van der Waals surface area (Å²) in [6, 6.07) is 4.39. The van der Waals surface area contributed by atoms with Crippen LogP contribution in [-0.2, 0) is 16.0 Å². The Balaban J connectivity index is 1.45. The van der Waals surface area contributed by atoms with E-state index in [0.717, 1.165) is 19.0 Å². The number of carboxylic acids is 1. The molecule has 1 aromatic heterocycles. The lowest BCUT2D eigenvalue weighted by molar-refractivity contribution is -0.128. The minimum absolute atomic E-state index is 0.0114. The van der Waals surface area contributed by atoms with Gasteiger partial charge >= 0.3 is 12.1 Å². The molecule has 4 atom stereocenters. The van der Waals surface area contributed by atoms with Gasteiger partial charge in [0.25, 0.3) is 0 Å². The van der Waals surface area contributed by atoms with Gasteiger partial charge in [0.15, 0.2) is 0 Å². The first-order valence-corrected chi connectivity index (χ1v) is 11.7. The van der Waals surface area contributed by atoms with Crippen molar-refractivity contribution in [2.75, 3.05) is 0 Å². The number of nitriles is 1. The predicted octanol–water partition coefficient (Wildman–Crippen LogP) is 3.05. The van der Waals surface area contributed by atoms with E-state index in [2.05, 4.69) is 10.4 Å². The molecule has 1 aromatic carbocycles. The van der Waals surface area contributed by atoms with E-state index >= 15 is 0 Å². The Morgan fingerprint density at radius 1 is 1.33 bits per heavy atom. The summed E-state index contributed by atoms with van der Waals surface area (Å²) in [6.07, 6.45) is 4.12. The molecule has 0 radical (unpaired) electrons. The summed E-state index contributed by atoms with van der Waals surface area (Å²) in [7, 11) is 0. The molecule has 1 saturated carbocycles. The van der Waals surface area contributed by atoms with E-state index in [4.69, 9.17) is 9.84 Å². The van der Waals surface area contributed by atoms with Gasteiger partial charge in [-0.2, -0.15) is 10.4 Å². The van der Waals surface area contributed by atoms with Crippen molar-refractivity contribution in [1.82, 2.24) is 20.0 Å². The Labute approximate surface area is 207 Å². The van der Waals surface area contributed by atoms with Gasteiger partial charge in [0.1, 0.15) is 23.5 Å². The maximum Gasteiger partial charge on any atom is 0.411 e. The van der Waals surface area contributed by atoms with Crippen molar-refractivity contribution in [1.29, 1.82) is 5.26 Å². The van der Waals surface area contributed by atoms with Crippen LogP contribution < -0.4 is 5.32 Å². The molecule has 10 nitrogen and oxygen atoms in total. The lowest BCUT2D eigenvalue weighted by atomic mass is 9.97. The molecular formula is C25H28FN5O5. The third-order valence-corrected chi connectivity index (χ3v) is 6.49. The second-order valence-corrected chi connectivity index (χ2v) is 10.2. The summed E-state index contributed by atoms with van der Waals surface area (Å²) in [5, 5.41) is 25.3. The number of rotatable bonds is 6. The molecule has 190 valence electrons. The van der Waals surface area contributed by atoms with Gasteiger partial charge in [0, 0.05) is 18.7 Å². The number of fused-ring (bicyclic) bond motifs is 2. The molecule has 0 spiro atoms. The number of ether oxygens (including phenoxy) is 1. The zero-order valence-electron chi connectivity index (χ0n) is 20.3. The summed E-state index contributed by atoms with van der Waals surface area (Å²) in [4.78, 5) is 38.5. The van der Waals surface area contributed by atoms with Gasteiger partial charge in [-0.15, -0.1) is 0 Å². The highest BCUT2D eigenvalue weighted by molar-refractivity contribution is 5.88. The number of likely N-dealkylation sites (tertiary alicyclic amines) is 1. The topological polar surface area (TPSA) is 138 Å². The zero-order valence-corrected chi connectivity index (χ0v) is 20.3. The van der Waals surface area contributed by atoms with Crippen molar-refractivity contribution in [3.05, 3.63) is 47.5 Å². The van der Waals surface area contributed by atoms with E-state index < -0.39 is 41.5 Å². The number of carbonyl (C=O) groups is 3. The standard InChI is InChI=1S/C25H28FN5O5/c1-25(2,3)36-24(35)31-19-7-5-15(9-19)21(31)22(32)29-17(11-27)8-14-4-6-18(10-20(14)26)30-13-16(12-28-30)23(33)34/h4,6,10,12-13,15,17,19,21H,5,7-9H2,1-3H3,(H,29,32)(H,33,34)/t15-,17-,19+,21-/m0/s1. The number of nitrogens with one attached hydrogen (secondary N) is 1. The van der Waals surface area contributed by atoms with Crippen molar-refractivity contribution in [3.8, 4) is 11.8 Å². The van der Waals surface area contributed by atoms with Gasteiger partial charge < -0.3 is 15.2 Å². The van der Waals surface area contributed by atoms with Crippen LogP contribution in [0, 0.1) is 23.1 Å². The molecule has 0 unspecified atom stereocenters. The number of carbonyl (C=O) groups excluding carboxylic acids is 2. The molecule has 1 saturated heterocycles. The van der Waals surface area contributed by atoms with E-state index in [-0.39, 0.29) is 29.5 Å². The molecule has 1 aliphatic carbocycles. The molecule has 2 amide bonds. The Morgan fingerprint density at radius 2 is 2.08 bits per heavy atom. The monoisotopic (exact) mass is 497 g/mol. The number of halogens is 1. The molecule has 2 aromatic rings. The van der Waals surface area contributed by atoms with Gasteiger partial charge in [-0.1, -0.05) is 6.07 Å². The number of aromatic nitrogens is 2. The molecule has 2 N–H and O–H groups in total. The highest BCUT2D eigenvalue weighted by Crippen LogP contribution is 2.43. The minimum Gasteiger partial charge on any atom is -0.478 e. The fourth-order valence-electron chi connectivity index (χ4n) is 4.93. The third-order valence-electron chi connectivity index (χ3n) is 6.49. The lowest BCUT2D eigenvalue weighted by Gasteiger charge is -2.35. The Bertz CT molecular complexity index is 1230. The van der Waals surface area contributed by atoms with E-state index in [1.807, 2.05) is 6.07 Å². The SMILES string of the molecule is CC(C)(C)OC(=O)N1[C@@H]2CC[C@@H](C2)[C@H]1C(=O)N[C@H](C#N)Cc1ccc(-n2cc(C(=O)O)cn2)cc1F. The van der Waals surface area contributed by atoms with Gasteiger partial charge in [0.05, 0.1) is 23.5 Å². The molecule has 11 heteroatoms. The fourth-order valence-corrected chi connectivity index (χ4v) is 4.93.